The van der Waals surface area contributed by atoms with Gasteiger partial charge in [-0.15, -0.1) is 0 Å². The first-order valence-electron chi connectivity index (χ1n) is 7.04. The van der Waals surface area contributed by atoms with Crippen LogP contribution in [0.1, 0.15) is 23.6 Å². The summed E-state index contributed by atoms with van der Waals surface area (Å²) in [6, 6.07) is 8.01. The SMILES string of the molecule is COc1ccccc1Cc1nc2n(n1)CCC(CN)C2. The van der Waals surface area contributed by atoms with Crippen molar-refractivity contribution in [2.24, 2.45) is 11.7 Å². The molecule has 1 aromatic carbocycles. The van der Waals surface area contributed by atoms with E-state index in [0.29, 0.717) is 12.3 Å². The third-order valence-electron chi connectivity index (χ3n) is 3.89. The number of rotatable bonds is 4. The van der Waals surface area contributed by atoms with Crippen LogP contribution in [-0.2, 0) is 19.4 Å². The summed E-state index contributed by atoms with van der Waals surface area (Å²) < 4.78 is 7.40. The Bertz CT molecular complexity index is 593. The second-order valence-corrected chi connectivity index (χ2v) is 5.25. The molecule has 2 heterocycles. The Hall–Kier alpha value is -1.88. The Labute approximate surface area is 118 Å². The number of aryl methyl sites for hydroxylation is 1. The Morgan fingerprint density at radius 2 is 2.25 bits per heavy atom. The third-order valence-corrected chi connectivity index (χ3v) is 3.89. The zero-order valence-corrected chi connectivity index (χ0v) is 11.7. The minimum absolute atomic E-state index is 0.547. The van der Waals surface area contributed by atoms with Gasteiger partial charge in [-0.1, -0.05) is 18.2 Å². The smallest absolute Gasteiger partial charge is 0.155 e. The van der Waals surface area contributed by atoms with Crippen molar-refractivity contribution in [3.63, 3.8) is 0 Å². The Morgan fingerprint density at radius 3 is 3.05 bits per heavy atom. The van der Waals surface area contributed by atoms with E-state index in [4.69, 9.17) is 10.5 Å². The van der Waals surface area contributed by atoms with Crippen LogP contribution >= 0.6 is 0 Å². The lowest BCUT2D eigenvalue weighted by molar-refractivity contribution is 0.369. The molecule has 1 atom stereocenters. The molecular weight excluding hydrogens is 252 g/mol. The zero-order chi connectivity index (χ0) is 13.9. The van der Waals surface area contributed by atoms with Crippen LogP contribution in [0.25, 0.3) is 0 Å². The van der Waals surface area contributed by atoms with Gasteiger partial charge >= 0.3 is 0 Å². The van der Waals surface area contributed by atoms with Crippen LogP contribution in [0.5, 0.6) is 5.75 Å². The van der Waals surface area contributed by atoms with Crippen molar-refractivity contribution in [1.29, 1.82) is 0 Å². The molecule has 1 aliphatic heterocycles. The van der Waals surface area contributed by atoms with Crippen molar-refractivity contribution >= 4 is 0 Å². The van der Waals surface area contributed by atoms with E-state index >= 15 is 0 Å². The summed E-state index contributed by atoms with van der Waals surface area (Å²) in [5.74, 6) is 3.37. The minimum Gasteiger partial charge on any atom is -0.496 e. The maximum Gasteiger partial charge on any atom is 0.155 e. The summed E-state index contributed by atoms with van der Waals surface area (Å²) in [5, 5.41) is 4.60. The Morgan fingerprint density at radius 1 is 1.40 bits per heavy atom. The average Bonchev–Trinajstić information content (AvgIpc) is 2.89. The van der Waals surface area contributed by atoms with Crippen molar-refractivity contribution < 1.29 is 4.74 Å². The fourth-order valence-corrected chi connectivity index (χ4v) is 2.72. The second-order valence-electron chi connectivity index (χ2n) is 5.25. The number of methoxy groups -OCH3 is 1. The van der Waals surface area contributed by atoms with E-state index in [0.717, 1.165) is 48.9 Å². The fourth-order valence-electron chi connectivity index (χ4n) is 2.72. The molecule has 1 aromatic heterocycles. The topological polar surface area (TPSA) is 66.0 Å². The second kappa shape index (κ2) is 5.63. The van der Waals surface area contributed by atoms with Crippen molar-refractivity contribution in [1.82, 2.24) is 14.8 Å². The highest BCUT2D eigenvalue weighted by Crippen LogP contribution is 2.22. The highest BCUT2D eigenvalue weighted by molar-refractivity contribution is 5.35. The lowest BCUT2D eigenvalue weighted by atomic mass is 9.98. The van der Waals surface area contributed by atoms with Crippen molar-refractivity contribution in [3.05, 3.63) is 41.5 Å². The molecule has 0 aliphatic carbocycles. The summed E-state index contributed by atoms with van der Waals surface area (Å²) in [6.07, 6.45) is 2.74. The molecule has 0 spiro atoms. The van der Waals surface area contributed by atoms with Gasteiger partial charge in [0.2, 0.25) is 0 Å². The lowest BCUT2D eigenvalue weighted by Gasteiger charge is -2.19. The summed E-state index contributed by atoms with van der Waals surface area (Å²) in [6.45, 7) is 1.66. The molecule has 0 amide bonds. The number of hydrogen-bond acceptors (Lipinski definition) is 4. The van der Waals surface area contributed by atoms with Crippen LogP contribution in [0.15, 0.2) is 24.3 Å². The van der Waals surface area contributed by atoms with Gasteiger partial charge in [0.25, 0.3) is 0 Å². The van der Waals surface area contributed by atoms with Gasteiger partial charge in [-0.3, -0.25) is 0 Å². The number of nitrogens with two attached hydrogens (primary N) is 1. The van der Waals surface area contributed by atoms with Crippen LogP contribution in [0.3, 0.4) is 0 Å². The Balaban J connectivity index is 1.81. The van der Waals surface area contributed by atoms with Gasteiger partial charge in [0.15, 0.2) is 5.82 Å². The maximum absolute atomic E-state index is 5.75. The first kappa shape index (κ1) is 13.1. The van der Waals surface area contributed by atoms with Crippen molar-refractivity contribution in [3.8, 4) is 5.75 Å². The lowest BCUT2D eigenvalue weighted by Crippen LogP contribution is -2.26. The molecule has 3 rings (SSSR count). The molecule has 1 unspecified atom stereocenters. The molecule has 0 radical (unpaired) electrons. The highest BCUT2D eigenvalue weighted by atomic mass is 16.5. The molecule has 0 saturated heterocycles. The number of aromatic nitrogens is 3. The molecule has 106 valence electrons. The van der Waals surface area contributed by atoms with Crippen LogP contribution in [-0.4, -0.2) is 28.4 Å². The standard InChI is InChI=1S/C15H20N4O/c1-20-13-5-3-2-4-12(13)9-14-17-15-8-11(10-16)6-7-19(15)18-14/h2-5,11H,6-10,16H2,1H3. The highest BCUT2D eigenvalue weighted by Gasteiger charge is 2.21. The number of benzene rings is 1. The average molecular weight is 272 g/mol. The summed E-state index contributed by atoms with van der Waals surface area (Å²) in [4.78, 5) is 4.66. The summed E-state index contributed by atoms with van der Waals surface area (Å²) >= 11 is 0. The van der Waals surface area contributed by atoms with E-state index in [1.54, 1.807) is 7.11 Å². The van der Waals surface area contributed by atoms with E-state index in [1.165, 1.54) is 0 Å². The minimum atomic E-state index is 0.547. The van der Waals surface area contributed by atoms with Gasteiger partial charge in [0, 0.05) is 24.9 Å². The van der Waals surface area contributed by atoms with Gasteiger partial charge in [0.05, 0.1) is 7.11 Å². The van der Waals surface area contributed by atoms with Crippen molar-refractivity contribution in [2.45, 2.75) is 25.8 Å². The molecule has 2 aromatic rings. The van der Waals surface area contributed by atoms with E-state index in [-0.39, 0.29) is 0 Å². The molecule has 0 fully saturated rings. The first-order chi connectivity index (χ1) is 9.80. The van der Waals surface area contributed by atoms with Crippen LogP contribution < -0.4 is 10.5 Å². The predicted octanol–water partition coefficient (Wildman–Crippen LogP) is 1.40. The first-order valence-corrected chi connectivity index (χ1v) is 7.04. The van der Waals surface area contributed by atoms with Crippen LogP contribution in [0.4, 0.5) is 0 Å². The van der Waals surface area contributed by atoms with Crippen LogP contribution in [0.2, 0.25) is 0 Å². The molecule has 0 saturated carbocycles. The number of para-hydroxylation sites is 1. The molecule has 1 aliphatic rings. The number of fused-ring (bicyclic) bond motifs is 1. The van der Waals surface area contributed by atoms with E-state index < -0.39 is 0 Å². The van der Waals surface area contributed by atoms with Gasteiger partial charge in [-0.25, -0.2) is 9.67 Å². The van der Waals surface area contributed by atoms with Crippen molar-refractivity contribution in [2.75, 3.05) is 13.7 Å². The molecule has 0 bridgehead atoms. The number of ether oxygens (including phenoxy) is 1. The number of nitrogens with zero attached hydrogens (tertiary/aromatic N) is 3. The molecule has 20 heavy (non-hydrogen) atoms. The largest absolute Gasteiger partial charge is 0.496 e. The van der Waals surface area contributed by atoms with Gasteiger partial charge in [-0.05, 0) is 24.9 Å². The summed E-state index contributed by atoms with van der Waals surface area (Å²) in [7, 11) is 1.69. The predicted molar refractivity (Wildman–Crippen MR) is 76.7 cm³/mol. The van der Waals surface area contributed by atoms with Crippen LogP contribution in [0, 0.1) is 5.92 Å². The normalized spacial score (nSPS) is 17.8. The molecule has 2 N–H and O–H groups in total. The number of hydrogen-bond donors (Lipinski definition) is 1. The Kier molecular flexibility index (Phi) is 3.69. The quantitative estimate of drug-likeness (QED) is 0.913. The van der Waals surface area contributed by atoms with Gasteiger partial charge in [0.1, 0.15) is 11.6 Å². The monoisotopic (exact) mass is 272 g/mol. The maximum atomic E-state index is 5.75. The summed E-state index contributed by atoms with van der Waals surface area (Å²) in [5.41, 5.74) is 6.87. The third kappa shape index (κ3) is 2.54. The molecular formula is C15H20N4O. The molecule has 5 heteroatoms. The van der Waals surface area contributed by atoms with E-state index in [9.17, 15) is 0 Å². The van der Waals surface area contributed by atoms with Gasteiger partial charge < -0.3 is 10.5 Å². The van der Waals surface area contributed by atoms with Gasteiger partial charge in [-0.2, -0.15) is 5.10 Å². The fraction of sp³-hybridized carbons (Fsp3) is 0.467. The molecule has 5 nitrogen and oxygen atoms in total. The zero-order valence-electron chi connectivity index (χ0n) is 11.7. The van der Waals surface area contributed by atoms with E-state index in [1.807, 2.05) is 22.9 Å². The van der Waals surface area contributed by atoms with E-state index in [2.05, 4.69) is 16.1 Å².